The smallest absolute Gasteiger partial charge is 0.335 e. The van der Waals surface area contributed by atoms with Gasteiger partial charge in [-0.15, -0.1) is 0 Å². The van der Waals surface area contributed by atoms with Crippen LogP contribution in [0, 0.1) is 19.8 Å². The molecule has 0 amide bonds. The van der Waals surface area contributed by atoms with E-state index in [9.17, 15) is 9.59 Å². The number of rotatable bonds is 11. The number of hydrogen-bond donors (Lipinski definition) is 1. The fraction of sp³-hybridized carbons (Fsp3) is 0.417. The van der Waals surface area contributed by atoms with Crippen molar-refractivity contribution in [3.63, 3.8) is 0 Å². The van der Waals surface area contributed by atoms with E-state index in [2.05, 4.69) is 0 Å². The van der Waals surface area contributed by atoms with Crippen LogP contribution in [0.25, 0.3) is 0 Å². The number of ether oxygens (including phenoxy) is 2. The molecule has 29 heavy (non-hydrogen) atoms. The SMILES string of the molecule is Cc1c(OCCCCOc2ccc(C(=O)O)cc2)ccc(C(=O)CC(C)C)c1C. The second-order valence-corrected chi connectivity index (χ2v) is 7.62. The van der Waals surface area contributed by atoms with Crippen molar-refractivity contribution in [2.45, 2.75) is 47.0 Å². The molecule has 0 heterocycles. The van der Waals surface area contributed by atoms with Gasteiger partial charge < -0.3 is 14.6 Å². The summed E-state index contributed by atoms with van der Waals surface area (Å²) < 4.78 is 11.5. The number of unbranched alkanes of at least 4 members (excludes halogenated alkanes) is 1. The first-order valence-electron chi connectivity index (χ1n) is 10.0. The van der Waals surface area contributed by atoms with E-state index < -0.39 is 5.97 Å². The van der Waals surface area contributed by atoms with Crippen molar-refractivity contribution in [3.05, 3.63) is 58.7 Å². The van der Waals surface area contributed by atoms with E-state index in [1.807, 2.05) is 39.8 Å². The second kappa shape index (κ2) is 10.6. The van der Waals surface area contributed by atoms with Gasteiger partial charge >= 0.3 is 5.97 Å². The molecule has 0 aliphatic carbocycles. The largest absolute Gasteiger partial charge is 0.494 e. The molecule has 0 radical (unpaired) electrons. The highest BCUT2D eigenvalue weighted by Crippen LogP contribution is 2.26. The van der Waals surface area contributed by atoms with Gasteiger partial charge in [-0.3, -0.25) is 4.79 Å². The van der Waals surface area contributed by atoms with Crippen molar-refractivity contribution < 1.29 is 24.2 Å². The van der Waals surface area contributed by atoms with Crippen LogP contribution in [0.3, 0.4) is 0 Å². The van der Waals surface area contributed by atoms with E-state index in [0.717, 1.165) is 35.3 Å². The minimum absolute atomic E-state index is 0.181. The maximum absolute atomic E-state index is 12.4. The molecule has 5 heteroatoms. The molecule has 2 aromatic carbocycles. The minimum Gasteiger partial charge on any atom is -0.494 e. The Hall–Kier alpha value is -2.82. The first kappa shape index (κ1) is 22.5. The van der Waals surface area contributed by atoms with E-state index in [-0.39, 0.29) is 11.3 Å². The predicted octanol–water partition coefficient (Wildman–Crippen LogP) is 5.47. The van der Waals surface area contributed by atoms with Gasteiger partial charge in [-0.25, -0.2) is 4.79 Å². The molecule has 0 unspecified atom stereocenters. The number of carboxylic acid groups (broad SMARTS) is 1. The molecule has 0 aromatic heterocycles. The Labute approximate surface area is 172 Å². The monoisotopic (exact) mass is 398 g/mol. The third-order valence-electron chi connectivity index (χ3n) is 4.80. The summed E-state index contributed by atoms with van der Waals surface area (Å²) in [5.74, 6) is 1.05. The fourth-order valence-corrected chi connectivity index (χ4v) is 3.01. The molecular formula is C24H30O5. The maximum atomic E-state index is 12.4. The predicted molar refractivity (Wildman–Crippen MR) is 113 cm³/mol. The zero-order valence-corrected chi connectivity index (χ0v) is 17.7. The van der Waals surface area contributed by atoms with Gasteiger partial charge in [0, 0.05) is 12.0 Å². The van der Waals surface area contributed by atoms with Crippen LogP contribution in [-0.4, -0.2) is 30.1 Å². The van der Waals surface area contributed by atoms with Gasteiger partial charge in [-0.2, -0.15) is 0 Å². The van der Waals surface area contributed by atoms with E-state index in [1.54, 1.807) is 12.1 Å². The standard InChI is InChI=1S/C24H30O5/c1-16(2)15-22(25)21-11-12-23(18(4)17(21)3)29-14-6-5-13-28-20-9-7-19(8-10-20)24(26)27/h7-12,16H,5-6,13-15H2,1-4H3,(H,26,27). The summed E-state index contributed by atoms with van der Waals surface area (Å²) in [5, 5.41) is 8.88. The number of Topliss-reactive ketones (excluding diaryl/α,β-unsaturated/α-hetero) is 1. The van der Waals surface area contributed by atoms with E-state index in [1.165, 1.54) is 12.1 Å². The highest BCUT2D eigenvalue weighted by molar-refractivity contribution is 5.98. The first-order chi connectivity index (χ1) is 13.8. The van der Waals surface area contributed by atoms with Crippen LogP contribution in [0.2, 0.25) is 0 Å². The lowest BCUT2D eigenvalue weighted by Crippen LogP contribution is -2.08. The van der Waals surface area contributed by atoms with Crippen molar-refractivity contribution in [1.82, 2.24) is 0 Å². The Balaban J connectivity index is 1.76. The van der Waals surface area contributed by atoms with Crippen LogP contribution in [0.4, 0.5) is 0 Å². The average molecular weight is 398 g/mol. The molecule has 2 rings (SSSR count). The minimum atomic E-state index is -0.948. The molecule has 2 aromatic rings. The fourth-order valence-electron chi connectivity index (χ4n) is 3.01. The highest BCUT2D eigenvalue weighted by Gasteiger charge is 2.14. The Morgan fingerprint density at radius 1 is 0.897 bits per heavy atom. The summed E-state index contributed by atoms with van der Waals surface area (Å²) in [6, 6.07) is 10.1. The number of aromatic carboxylic acids is 1. The van der Waals surface area contributed by atoms with Crippen LogP contribution in [0.1, 0.15) is 65.0 Å². The lowest BCUT2D eigenvalue weighted by Gasteiger charge is -2.15. The van der Waals surface area contributed by atoms with Gasteiger partial charge in [0.05, 0.1) is 18.8 Å². The van der Waals surface area contributed by atoms with E-state index in [0.29, 0.717) is 31.3 Å². The van der Waals surface area contributed by atoms with Crippen LogP contribution in [0.15, 0.2) is 36.4 Å². The second-order valence-electron chi connectivity index (χ2n) is 7.62. The molecule has 156 valence electrons. The number of carbonyl (C=O) groups is 2. The van der Waals surface area contributed by atoms with Crippen molar-refractivity contribution in [2.75, 3.05) is 13.2 Å². The number of carboxylic acids is 1. The molecule has 0 spiro atoms. The summed E-state index contributed by atoms with van der Waals surface area (Å²) in [6.45, 7) is 9.16. The molecule has 0 bridgehead atoms. The molecule has 0 saturated heterocycles. The summed E-state index contributed by atoms with van der Waals surface area (Å²) >= 11 is 0. The third kappa shape index (κ3) is 6.63. The van der Waals surface area contributed by atoms with Gasteiger partial charge in [0.2, 0.25) is 0 Å². The molecule has 0 atom stereocenters. The Bertz CT molecular complexity index is 837. The topological polar surface area (TPSA) is 72.8 Å². The summed E-state index contributed by atoms with van der Waals surface area (Å²) in [5.41, 5.74) is 3.02. The van der Waals surface area contributed by atoms with Crippen molar-refractivity contribution >= 4 is 11.8 Å². The zero-order valence-electron chi connectivity index (χ0n) is 17.7. The number of benzene rings is 2. The van der Waals surface area contributed by atoms with Crippen LogP contribution >= 0.6 is 0 Å². The number of hydrogen-bond acceptors (Lipinski definition) is 4. The van der Waals surface area contributed by atoms with Crippen molar-refractivity contribution in [2.24, 2.45) is 5.92 Å². The van der Waals surface area contributed by atoms with Crippen LogP contribution < -0.4 is 9.47 Å². The maximum Gasteiger partial charge on any atom is 0.335 e. The summed E-state index contributed by atoms with van der Waals surface area (Å²) in [4.78, 5) is 23.2. The van der Waals surface area contributed by atoms with Crippen molar-refractivity contribution in [1.29, 1.82) is 0 Å². The van der Waals surface area contributed by atoms with Crippen LogP contribution in [0.5, 0.6) is 11.5 Å². The molecule has 0 aliphatic rings. The zero-order chi connectivity index (χ0) is 21.4. The van der Waals surface area contributed by atoms with Crippen molar-refractivity contribution in [3.8, 4) is 11.5 Å². The molecule has 0 saturated carbocycles. The van der Waals surface area contributed by atoms with E-state index >= 15 is 0 Å². The molecule has 1 N–H and O–H groups in total. The molecule has 0 fully saturated rings. The highest BCUT2D eigenvalue weighted by atomic mass is 16.5. The van der Waals surface area contributed by atoms with Gasteiger partial charge in [0.1, 0.15) is 11.5 Å². The van der Waals surface area contributed by atoms with Gasteiger partial charge in [0.15, 0.2) is 5.78 Å². The first-order valence-corrected chi connectivity index (χ1v) is 10.0. The third-order valence-corrected chi connectivity index (χ3v) is 4.80. The molecule has 5 nitrogen and oxygen atoms in total. The quantitative estimate of drug-likeness (QED) is 0.401. The van der Waals surface area contributed by atoms with Gasteiger partial charge in [-0.1, -0.05) is 13.8 Å². The lowest BCUT2D eigenvalue weighted by atomic mass is 9.95. The van der Waals surface area contributed by atoms with Crippen LogP contribution in [-0.2, 0) is 0 Å². The summed E-state index contributed by atoms with van der Waals surface area (Å²) in [6.07, 6.45) is 2.21. The normalized spacial score (nSPS) is 10.8. The number of carbonyl (C=O) groups excluding carboxylic acids is 1. The Morgan fingerprint density at radius 3 is 2.10 bits per heavy atom. The van der Waals surface area contributed by atoms with Gasteiger partial charge in [0.25, 0.3) is 0 Å². The summed E-state index contributed by atoms with van der Waals surface area (Å²) in [7, 11) is 0. The Kier molecular flexibility index (Phi) is 8.25. The molecular weight excluding hydrogens is 368 g/mol. The number of ketones is 1. The van der Waals surface area contributed by atoms with Gasteiger partial charge in [-0.05, 0) is 80.1 Å². The Morgan fingerprint density at radius 2 is 1.52 bits per heavy atom. The average Bonchev–Trinajstić information content (AvgIpc) is 2.67. The molecule has 0 aliphatic heterocycles. The lowest BCUT2D eigenvalue weighted by molar-refractivity contribution is 0.0696. The van der Waals surface area contributed by atoms with E-state index in [4.69, 9.17) is 14.6 Å².